The van der Waals surface area contributed by atoms with Crippen LogP contribution in [0.25, 0.3) is 34.4 Å². The first-order valence-corrected chi connectivity index (χ1v) is 13.9. The van der Waals surface area contributed by atoms with Crippen molar-refractivity contribution in [1.29, 1.82) is 0 Å². The monoisotopic (exact) mass is 546 g/mol. The van der Waals surface area contributed by atoms with Crippen LogP contribution in [-0.4, -0.2) is 0 Å². The fourth-order valence-electron chi connectivity index (χ4n) is 5.50. The summed E-state index contributed by atoms with van der Waals surface area (Å²) in [5, 5.41) is 0. The van der Waals surface area contributed by atoms with Crippen LogP contribution in [-0.2, 0) is 19.3 Å². The predicted octanol–water partition coefficient (Wildman–Crippen LogP) is 10.5. The van der Waals surface area contributed by atoms with Crippen LogP contribution in [0.1, 0.15) is 72.9 Å². The molecule has 0 aromatic heterocycles. The van der Waals surface area contributed by atoms with Crippen molar-refractivity contribution in [3.63, 3.8) is 0 Å². The highest BCUT2D eigenvalue weighted by molar-refractivity contribution is 5.83. The minimum atomic E-state index is -1.30. The molecule has 0 heterocycles. The maximum Gasteiger partial charge on any atom is 0.167 e. The molecule has 0 spiro atoms. The molecule has 0 nitrogen and oxygen atoms in total. The number of halogens is 5. The molecule has 4 aromatic rings. The molecule has 0 bridgehead atoms. The first kappa shape index (κ1) is 27.8. The molecule has 0 unspecified atom stereocenters. The van der Waals surface area contributed by atoms with E-state index >= 15 is 17.6 Å². The largest absolute Gasteiger partial charge is 0.206 e. The summed E-state index contributed by atoms with van der Waals surface area (Å²) in [5.74, 6) is -5.58. The average molecular weight is 547 g/mol. The molecular weight excluding hydrogens is 515 g/mol. The third-order valence-corrected chi connectivity index (χ3v) is 7.60. The molecule has 5 heteroatoms. The summed E-state index contributed by atoms with van der Waals surface area (Å²) in [6, 6.07) is 15.2. The van der Waals surface area contributed by atoms with Crippen molar-refractivity contribution < 1.29 is 22.0 Å². The zero-order valence-corrected chi connectivity index (χ0v) is 22.7. The Bertz CT molecular complexity index is 1580. The van der Waals surface area contributed by atoms with E-state index < -0.39 is 29.1 Å². The molecule has 0 saturated carbocycles. The summed E-state index contributed by atoms with van der Waals surface area (Å²) in [4.78, 5) is 0. The fourth-order valence-corrected chi connectivity index (χ4v) is 5.50. The van der Waals surface area contributed by atoms with E-state index in [4.69, 9.17) is 0 Å². The molecular formula is C35H31F5. The van der Waals surface area contributed by atoms with Gasteiger partial charge in [-0.2, -0.15) is 0 Å². The van der Waals surface area contributed by atoms with Gasteiger partial charge in [0, 0.05) is 27.8 Å². The van der Waals surface area contributed by atoms with E-state index in [9.17, 15) is 4.39 Å². The van der Waals surface area contributed by atoms with Gasteiger partial charge in [0.2, 0.25) is 0 Å². The number of hydrogen-bond donors (Lipinski definition) is 0. The van der Waals surface area contributed by atoms with Crippen LogP contribution in [0.5, 0.6) is 0 Å². The van der Waals surface area contributed by atoms with E-state index in [1.165, 1.54) is 42.3 Å². The molecule has 0 fully saturated rings. The molecule has 0 radical (unpaired) electrons. The van der Waals surface area contributed by atoms with Crippen molar-refractivity contribution in [2.45, 2.75) is 58.8 Å². The zero-order valence-electron chi connectivity index (χ0n) is 22.7. The lowest BCUT2D eigenvalue weighted by atomic mass is 9.95. The van der Waals surface area contributed by atoms with Gasteiger partial charge in [-0.15, -0.1) is 0 Å². The fraction of sp³-hybridized carbons (Fsp3) is 0.257. The summed E-state index contributed by atoms with van der Waals surface area (Å²) in [6.07, 6.45) is 9.21. The Kier molecular flexibility index (Phi) is 8.20. The number of hydrogen-bond acceptors (Lipinski definition) is 0. The number of unbranched alkanes of at least 4 members (excludes halogenated alkanes) is 2. The Morgan fingerprint density at radius 3 is 1.95 bits per heavy atom. The van der Waals surface area contributed by atoms with Crippen LogP contribution in [0.3, 0.4) is 0 Å². The quantitative estimate of drug-likeness (QED) is 0.0980. The van der Waals surface area contributed by atoms with Gasteiger partial charge in [-0.05, 0) is 71.7 Å². The minimum absolute atomic E-state index is 0.0229. The summed E-state index contributed by atoms with van der Waals surface area (Å²) in [6.45, 7) is 4.13. The van der Waals surface area contributed by atoms with Gasteiger partial charge in [0.05, 0.1) is 0 Å². The van der Waals surface area contributed by atoms with E-state index in [-0.39, 0.29) is 34.2 Å². The topological polar surface area (TPSA) is 0 Å². The average Bonchev–Trinajstić information content (AvgIpc) is 3.32. The van der Waals surface area contributed by atoms with E-state index in [1.54, 1.807) is 12.1 Å². The van der Waals surface area contributed by atoms with Gasteiger partial charge in [-0.25, -0.2) is 22.0 Å². The smallest absolute Gasteiger partial charge is 0.167 e. The molecule has 1 aliphatic rings. The molecule has 0 amide bonds. The van der Waals surface area contributed by atoms with Gasteiger partial charge in [0.25, 0.3) is 0 Å². The van der Waals surface area contributed by atoms with Gasteiger partial charge in [0.1, 0.15) is 5.82 Å². The van der Waals surface area contributed by atoms with E-state index in [0.717, 1.165) is 36.8 Å². The van der Waals surface area contributed by atoms with Crippen molar-refractivity contribution in [3.05, 3.63) is 117 Å². The molecule has 0 N–H and O–H groups in total. The molecule has 40 heavy (non-hydrogen) atoms. The molecule has 0 aliphatic heterocycles. The van der Waals surface area contributed by atoms with Crippen molar-refractivity contribution in [2.24, 2.45) is 0 Å². The first-order valence-electron chi connectivity index (χ1n) is 13.9. The molecule has 206 valence electrons. The first-order chi connectivity index (χ1) is 19.3. The second kappa shape index (κ2) is 11.8. The standard InChI is InChI=1S/C35H31F5/c1-3-5-6-8-21-9-11-22(12-10-21)13-15-24-18-25-19-26-20-28(27-16-14-23(7-4-2)17-29(27)36)33(38)35(40)31(26)30(25)34(39)32(24)37/h9-18,20H,3-8,19H2,1-2H3. The third-order valence-electron chi connectivity index (χ3n) is 7.60. The molecule has 1 aliphatic carbocycles. The lowest BCUT2D eigenvalue weighted by molar-refractivity contribution is 0.501. The number of aryl methyl sites for hydroxylation is 2. The van der Waals surface area contributed by atoms with Crippen LogP contribution in [0.4, 0.5) is 22.0 Å². The van der Waals surface area contributed by atoms with E-state index in [2.05, 4.69) is 6.92 Å². The van der Waals surface area contributed by atoms with Crippen molar-refractivity contribution in [1.82, 2.24) is 0 Å². The van der Waals surface area contributed by atoms with Crippen molar-refractivity contribution in [3.8, 4) is 22.3 Å². The number of fused-ring (bicyclic) bond motifs is 3. The van der Waals surface area contributed by atoms with Crippen molar-refractivity contribution >= 4 is 12.2 Å². The summed E-state index contributed by atoms with van der Waals surface area (Å²) in [7, 11) is 0. The van der Waals surface area contributed by atoms with Gasteiger partial charge in [-0.1, -0.05) is 81.7 Å². The summed E-state index contributed by atoms with van der Waals surface area (Å²) >= 11 is 0. The van der Waals surface area contributed by atoms with Crippen LogP contribution >= 0.6 is 0 Å². The second-order valence-corrected chi connectivity index (χ2v) is 10.5. The Hall–Kier alpha value is -3.73. The van der Waals surface area contributed by atoms with Crippen LogP contribution in [0.15, 0.2) is 54.6 Å². The maximum atomic E-state index is 15.4. The normalized spacial score (nSPS) is 12.3. The highest BCUT2D eigenvalue weighted by Gasteiger charge is 2.32. The maximum absolute atomic E-state index is 15.4. The van der Waals surface area contributed by atoms with Gasteiger partial charge >= 0.3 is 0 Å². The lowest BCUT2D eigenvalue weighted by Gasteiger charge is -2.12. The number of benzene rings is 4. The number of rotatable bonds is 9. The van der Waals surface area contributed by atoms with Crippen molar-refractivity contribution in [2.75, 3.05) is 0 Å². The lowest BCUT2D eigenvalue weighted by Crippen LogP contribution is -2.00. The van der Waals surface area contributed by atoms with Gasteiger partial charge in [-0.3, -0.25) is 0 Å². The second-order valence-electron chi connectivity index (χ2n) is 10.5. The summed E-state index contributed by atoms with van der Waals surface area (Å²) < 4.78 is 75.9. The van der Waals surface area contributed by atoms with Crippen LogP contribution in [0.2, 0.25) is 0 Å². The molecule has 0 atom stereocenters. The predicted molar refractivity (Wildman–Crippen MR) is 153 cm³/mol. The zero-order chi connectivity index (χ0) is 28.4. The van der Waals surface area contributed by atoms with Crippen LogP contribution < -0.4 is 0 Å². The Balaban J connectivity index is 1.46. The minimum Gasteiger partial charge on any atom is -0.206 e. The SMILES string of the molecule is CCCCCc1ccc(C=Cc2cc3c(c(F)c2F)-c2c(cc(-c4ccc(CCC)cc4F)c(F)c2F)C3)cc1. The Morgan fingerprint density at radius 2 is 1.27 bits per heavy atom. The van der Waals surface area contributed by atoms with Crippen LogP contribution in [0, 0.1) is 29.1 Å². The Labute approximate surface area is 232 Å². The molecule has 5 rings (SSSR count). The van der Waals surface area contributed by atoms with Gasteiger partial charge in [0.15, 0.2) is 23.3 Å². The highest BCUT2D eigenvalue weighted by Crippen LogP contribution is 2.45. The summed E-state index contributed by atoms with van der Waals surface area (Å²) in [5.41, 5.74) is 2.62. The van der Waals surface area contributed by atoms with E-state index in [1.807, 2.05) is 31.2 Å². The Morgan fingerprint density at radius 1 is 0.600 bits per heavy atom. The molecule has 0 saturated heterocycles. The van der Waals surface area contributed by atoms with Gasteiger partial charge < -0.3 is 0 Å². The highest BCUT2D eigenvalue weighted by atomic mass is 19.2. The van der Waals surface area contributed by atoms with E-state index in [0.29, 0.717) is 17.5 Å². The molecule has 4 aromatic carbocycles. The third kappa shape index (κ3) is 5.34.